The standard InChI is InChI=1S/C15H18F2N2O2/c1-18-9-2-3-10(18)8-19(7-6-9)12-5-4-11(15(20)21)13(16)14(12)17/h4-5,9-10H,2-3,6-8H2,1H3,(H,20,21). The SMILES string of the molecule is CN1C2CCC1CN(c1ccc(C(=O)O)c(F)c1F)CC2. The Balaban J connectivity index is 1.91. The average Bonchev–Trinajstić information content (AvgIpc) is 2.67. The normalized spacial score (nSPS) is 26.0. The quantitative estimate of drug-likeness (QED) is 0.910. The van der Waals surface area contributed by atoms with Crippen LogP contribution in [0.2, 0.25) is 0 Å². The number of benzene rings is 1. The Morgan fingerprint density at radius 2 is 1.90 bits per heavy atom. The van der Waals surface area contributed by atoms with Gasteiger partial charge in [0.2, 0.25) is 0 Å². The van der Waals surface area contributed by atoms with Crippen LogP contribution in [0.5, 0.6) is 0 Å². The van der Waals surface area contributed by atoms with E-state index in [9.17, 15) is 13.6 Å². The van der Waals surface area contributed by atoms with Gasteiger partial charge in [0.15, 0.2) is 11.6 Å². The van der Waals surface area contributed by atoms with Crippen molar-refractivity contribution in [2.45, 2.75) is 31.3 Å². The molecule has 0 aliphatic carbocycles. The summed E-state index contributed by atoms with van der Waals surface area (Å²) in [5.74, 6) is -3.79. The van der Waals surface area contributed by atoms with E-state index in [1.54, 1.807) is 0 Å². The summed E-state index contributed by atoms with van der Waals surface area (Å²) in [7, 11) is 2.08. The maximum absolute atomic E-state index is 14.2. The Morgan fingerprint density at radius 3 is 2.62 bits per heavy atom. The zero-order valence-corrected chi connectivity index (χ0v) is 11.9. The van der Waals surface area contributed by atoms with Gasteiger partial charge in [0.1, 0.15) is 0 Å². The van der Waals surface area contributed by atoms with E-state index >= 15 is 0 Å². The summed E-state index contributed by atoms with van der Waals surface area (Å²) in [5.41, 5.74) is -0.455. The van der Waals surface area contributed by atoms with Gasteiger partial charge in [0.05, 0.1) is 11.3 Å². The molecule has 0 radical (unpaired) electrons. The van der Waals surface area contributed by atoms with Gasteiger partial charge in [-0.2, -0.15) is 0 Å². The van der Waals surface area contributed by atoms with Gasteiger partial charge < -0.3 is 10.0 Å². The van der Waals surface area contributed by atoms with Gasteiger partial charge in [0.25, 0.3) is 0 Å². The molecule has 2 aliphatic heterocycles. The fourth-order valence-corrected chi connectivity index (χ4v) is 3.48. The third-order valence-corrected chi connectivity index (χ3v) is 4.78. The Kier molecular flexibility index (Phi) is 3.57. The number of halogens is 2. The minimum Gasteiger partial charge on any atom is -0.478 e. The molecule has 0 saturated carbocycles. The van der Waals surface area contributed by atoms with E-state index in [1.807, 2.05) is 4.90 Å². The number of nitrogens with zero attached hydrogens (tertiary/aromatic N) is 2. The second-order valence-corrected chi connectivity index (χ2v) is 5.85. The van der Waals surface area contributed by atoms with E-state index in [-0.39, 0.29) is 5.69 Å². The van der Waals surface area contributed by atoms with Crippen molar-refractivity contribution in [3.8, 4) is 0 Å². The maximum Gasteiger partial charge on any atom is 0.338 e. The monoisotopic (exact) mass is 296 g/mol. The van der Waals surface area contributed by atoms with Crippen LogP contribution in [-0.2, 0) is 0 Å². The Bertz CT molecular complexity index is 579. The highest BCUT2D eigenvalue weighted by atomic mass is 19.2. The van der Waals surface area contributed by atoms with Gasteiger partial charge in [0, 0.05) is 25.2 Å². The van der Waals surface area contributed by atoms with Crippen molar-refractivity contribution in [2.75, 3.05) is 25.0 Å². The lowest BCUT2D eigenvalue weighted by Gasteiger charge is -2.28. The van der Waals surface area contributed by atoms with Gasteiger partial charge in [-0.05, 0) is 38.4 Å². The number of fused-ring (bicyclic) bond motifs is 2. The van der Waals surface area contributed by atoms with Gasteiger partial charge in [-0.1, -0.05) is 0 Å². The summed E-state index contributed by atoms with van der Waals surface area (Å²) in [5, 5.41) is 8.83. The highest BCUT2D eigenvalue weighted by Gasteiger charge is 2.35. The highest BCUT2D eigenvalue weighted by molar-refractivity contribution is 5.88. The molecule has 6 heteroatoms. The third-order valence-electron chi connectivity index (χ3n) is 4.78. The average molecular weight is 296 g/mol. The van der Waals surface area contributed by atoms with E-state index in [4.69, 9.17) is 5.11 Å². The Labute approximate surface area is 122 Å². The molecular formula is C15H18F2N2O2. The Hall–Kier alpha value is -1.69. The molecule has 2 unspecified atom stereocenters. The fraction of sp³-hybridized carbons (Fsp3) is 0.533. The van der Waals surface area contributed by atoms with E-state index in [0.29, 0.717) is 25.2 Å². The maximum atomic E-state index is 14.2. The van der Waals surface area contributed by atoms with Crippen LogP contribution in [0.4, 0.5) is 14.5 Å². The van der Waals surface area contributed by atoms with Crippen molar-refractivity contribution in [3.63, 3.8) is 0 Å². The molecule has 2 saturated heterocycles. The molecule has 0 spiro atoms. The molecule has 114 valence electrons. The number of carboxylic acids is 1. The van der Waals surface area contributed by atoms with Crippen LogP contribution in [0.25, 0.3) is 0 Å². The minimum absolute atomic E-state index is 0.165. The molecule has 1 aromatic rings. The zero-order valence-electron chi connectivity index (χ0n) is 11.9. The van der Waals surface area contributed by atoms with Crippen molar-refractivity contribution in [1.29, 1.82) is 0 Å². The smallest absolute Gasteiger partial charge is 0.338 e. The zero-order chi connectivity index (χ0) is 15.1. The predicted octanol–water partition coefficient (Wildman–Crippen LogP) is 2.34. The van der Waals surface area contributed by atoms with Crippen LogP contribution in [0, 0.1) is 11.6 Å². The van der Waals surface area contributed by atoms with Crippen LogP contribution >= 0.6 is 0 Å². The predicted molar refractivity (Wildman–Crippen MR) is 74.7 cm³/mol. The molecule has 2 aliphatic rings. The summed E-state index contributed by atoms with van der Waals surface area (Å²) in [6, 6.07) is 3.37. The van der Waals surface area contributed by atoms with E-state index < -0.39 is 23.2 Å². The first-order valence-corrected chi connectivity index (χ1v) is 7.17. The van der Waals surface area contributed by atoms with Gasteiger partial charge in [-0.25, -0.2) is 13.6 Å². The molecule has 21 heavy (non-hydrogen) atoms. The van der Waals surface area contributed by atoms with E-state index in [0.717, 1.165) is 25.3 Å². The van der Waals surface area contributed by atoms with Crippen molar-refractivity contribution in [1.82, 2.24) is 4.90 Å². The number of rotatable bonds is 2. The number of carboxylic acid groups (broad SMARTS) is 1. The summed E-state index contributed by atoms with van der Waals surface area (Å²) < 4.78 is 28.0. The molecule has 1 aromatic carbocycles. The first-order chi connectivity index (χ1) is 9.99. The van der Waals surface area contributed by atoms with Gasteiger partial charge in [-0.15, -0.1) is 0 Å². The summed E-state index contributed by atoms with van der Waals surface area (Å²) >= 11 is 0. The molecule has 2 fully saturated rings. The van der Waals surface area contributed by atoms with Crippen molar-refractivity contribution >= 4 is 11.7 Å². The first-order valence-electron chi connectivity index (χ1n) is 7.17. The highest BCUT2D eigenvalue weighted by Crippen LogP contribution is 2.32. The summed E-state index contributed by atoms with van der Waals surface area (Å²) in [4.78, 5) is 15.0. The first kappa shape index (κ1) is 14.3. The number of hydrogen-bond donors (Lipinski definition) is 1. The van der Waals surface area contributed by atoms with Crippen LogP contribution in [0.3, 0.4) is 0 Å². The molecular weight excluding hydrogens is 278 g/mol. The summed E-state index contributed by atoms with van der Waals surface area (Å²) in [6.07, 6.45) is 3.13. The van der Waals surface area contributed by atoms with Crippen LogP contribution in [-0.4, -0.2) is 48.2 Å². The largest absolute Gasteiger partial charge is 0.478 e. The number of carbonyl (C=O) groups is 1. The molecule has 2 heterocycles. The second-order valence-electron chi connectivity index (χ2n) is 5.85. The van der Waals surface area contributed by atoms with Crippen LogP contribution in [0.1, 0.15) is 29.6 Å². The molecule has 4 nitrogen and oxygen atoms in total. The van der Waals surface area contributed by atoms with Gasteiger partial charge >= 0.3 is 5.97 Å². The molecule has 1 N–H and O–H groups in total. The van der Waals surface area contributed by atoms with Gasteiger partial charge in [-0.3, -0.25) is 4.90 Å². The second kappa shape index (κ2) is 5.26. The molecule has 0 amide bonds. The van der Waals surface area contributed by atoms with E-state index in [2.05, 4.69) is 11.9 Å². The number of hydrogen-bond acceptors (Lipinski definition) is 3. The lowest BCUT2D eigenvalue weighted by atomic mass is 10.1. The molecule has 2 atom stereocenters. The van der Waals surface area contributed by atoms with E-state index in [1.165, 1.54) is 6.07 Å². The molecule has 3 rings (SSSR count). The lowest BCUT2D eigenvalue weighted by molar-refractivity contribution is 0.0690. The molecule has 0 aromatic heterocycles. The topological polar surface area (TPSA) is 43.8 Å². The van der Waals surface area contributed by atoms with Crippen molar-refractivity contribution in [3.05, 3.63) is 29.3 Å². The number of aromatic carboxylic acids is 1. The minimum atomic E-state index is -1.45. The van der Waals surface area contributed by atoms with Crippen molar-refractivity contribution in [2.24, 2.45) is 0 Å². The fourth-order valence-electron chi connectivity index (χ4n) is 3.48. The molecule has 2 bridgehead atoms. The number of likely N-dealkylation sites (N-methyl/N-ethyl adjacent to an activating group) is 1. The number of anilines is 1. The van der Waals surface area contributed by atoms with Crippen molar-refractivity contribution < 1.29 is 18.7 Å². The van der Waals surface area contributed by atoms with Crippen LogP contribution < -0.4 is 4.90 Å². The Morgan fingerprint density at radius 1 is 1.19 bits per heavy atom. The summed E-state index contributed by atoms with van der Waals surface area (Å²) in [6.45, 7) is 1.31. The lowest BCUT2D eigenvalue weighted by Crippen LogP contribution is -2.37. The third kappa shape index (κ3) is 2.37. The van der Waals surface area contributed by atoms with Crippen LogP contribution in [0.15, 0.2) is 12.1 Å².